The molecule has 0 radical (unpaired) electrons. The number of hydrogen-bond donors (Lipinski definition) is 0. The lowest BCUT2D eigenvalue weighted by atomic mass is 10.1. The van der Waals surface area contributed by atoms with Gasteiger partial charge in [-0.05, 0) is 42.2 Å². The largest absolute Gasteiger partial charge is 0.490 e. The summed E-state index contributed by atoms with van der Waals surface area (Å²) < 4.78 is 22.5. The van der Waals surface area contributed by atoms with Crippen LogP contribution in [0.25, 0.3) is 10.8 Å². The number of carbonyl (C=O) groups is 2. The number of ether oxygens (including phenoxy) is 4. The van der Waals surface area contributed by atoms with Crippen molar-refractivity contribution in [1.29, 1.82) is 0 Å². The highest BCUT2D eigenvalue weighted by molar-refractivity contribution is 6.31. The summed E-state index contributed by atoms with van der Waals surface area (Å²) in [6, 6.07) is 12.8. The normalized spacial score (nSPS) is 10.7. The highest BCUT2D eigenvalue weighted by Crippen LogP contribution is 2.51. The molecule has 0 aromatic heterocycles. The van der Waals surface area contributed by atoms with Gasteiger partial charge < -0.3 is 18.9 Å². The summed E-state index contributed by atoms with van der Waals surface area (Å²) in [6.45, 7) is 3.96. The summed E-state index contributed by atoms with van der Waals surface area (Å²) in [7, 11) is 2.85. The lowest BCUT2D eigenvalue weighted by Crippen LogP contribution is -2.14. The van der Waals surface area contributed by atoms with E-state index in [1.54, 1.807) is 18.2 Å². The van der Waals surface area contributed by atoms with Gasteiger partial charge in [0.15, 0.2) is 11.5 Å². The Kier molecular flexibility index (Phi) is 8.17. The SMILES string of the molecule is CCCC(=O)Oc1c(OC)c(OC)c(OC(=O)Cc2ccc(CC)cc2)c2cc(Cl)ccc12. The maximum Gasteiger partial charge on any atom is 0.315 e. The molecule has 3 aromatic rings. The van der Waals surface area contributed by atoms with Gasteiger partial charge in [-0.2, -0.15) is 0 Å². The van der Waals surface area contributed by atoms with Crippen molar-refractivity contribution in [3.05, 3.63) is 58.6 Å². The fraction of sp³-hybridized carbons (Fsp3) is 0.308. The molecule has 0 aliphatic heterocycles. The second-order valence-electron chi connectivity index (χ2n) is 7.46. The van der Waals surface area contributed by atoms with E-state index in [1.807, 2.05) is 31.2 Å². The van der Waals surface area contributed by atoms with Gasteiger partial charge in [0.25, 0.3) is 0 Å². The third-order valence-electron chi connectivity index (χ3n) is 5.16. The van der Waals surface area contributed by atoms with Crippen LogP contribution in [0.4, 0.5) is 0 Å². The summed E-state index contributed by atoms with van der Waals surface area (Å²) in [5.74, 6) is -0.245. The molecule has 0 atom stereocenters. The minimum absolute atomic E-state index is 0.0742. The van der Waals surface area contributed by atoms with E-state index < -0.39 is 11.9 Å². The molecule has 174 valence electrons. The number of halogens is 1. The molecule has 0 heterocycles. The van der Waals surface area contributed by atoms with Gasteiger partial charge in [-0.1, -0.05) is 49.7 Å². The first kappa shape index (κ1) is 24.4. The second-order valence-corrected chi connectivity index (χ2v) is 7.90. The van der Waals surface area contributed by atoms with Gasteiger partial charge in [-0.3, -0.25) is 9.59 Å². The molecule has 7 heteroatoms. The maximum absolute atomic E-state index is 12.8. The molecule has 0 aliphatic rings. The predicted octanol–water partition coefficient (Wildman–Crippen LogP) is 5.93. The van der Waals surface area contributed by atoms with E-state index in [9.17, 15) is 9.59 Å². The summed E-state index contributed by atoms with van der Waals surface area (Å²) in [5, 5.41) is 1.40. The van der Waals surface area contributed by atoms with Crippen LogP contribution in [0, 0.1) is 0 Å². The van der Waals surface area contributed by atoms with Crippen LogP contribution >= 0.6 is 11.6 Å². The van der Waals surface area contributed by atoms with E-state index in [-0.39, 0.29) is 35.8 Å². The number of aryl methyl sites for hydroxylation is 1. The zero-order valence-electron chi connectivity index (χ0n) is 19.2. The van der Waals surface area contributed by atoms with E-state index in [2.05, 4.69) is 6.92 Å². The summed E-state index contributed by atoms with van der Waals surface area (Å²) in [6.07, 6.45) is 1.87. The predicted molar refractivity (Wildman–Crippen MR) is 128 cm³/mol. The number of benzene rings is 3. The third-order valence-corrected chi connectivity index (χ3v) is 5.40. The first-order chi connectivity index (χ1) is 15.9. The molecule has 0 aliphatic carbocycles. The van der Waals surface area contributed by atoms with Gasteiger partial charge in [-0.15, -0.1) is 0 Å². The van der Waals surface area contributed by atoms with Crippen molar-refractivity contribution in [2.45, 2.75) is 39.5 Å². The average molecular weight is 471 g/mol. The minimum Gasteiger partial charge on any atom is -0.490 e. The fourth-order valence-electron chi connectivity index (χ4n) is 3.51. The Balaban J connectivity index is 2.06. The van der Waals surface area contributed by atoms with Gasteiger partial charge in [0.1, 0.15) is 0 Å². The zero-order valence-corrected chi connectivity index (χ0v) is 20.0. The molecule has 0 fully saturated rings. The second kappa shape index (κ2) is 11.1. The standard InChI is InChI=1S/C26H27ClO6/c1-5-7-21(28)32-23-19-13-12-18(27)15-20(19)24(26(31-4)25(23)30-3)33-22(29)14-17-10-8-16(6-2)9-11-17/h8-13,15H,5-7,14H2,1-4H3. The first-order valence-corrected chi connectivity index (χ1v) is 11.2. The summed E-state index contributed by atoms with van der Waals surface area (Å²) in [5.41, 5.74) is 2.02. The summed E-state index contributed by atoms with van der Waals surface area (Å²) in [4.78, 5) is 25.1. The topological polar surface area (TPSA) is 71.1 Å². The minimum atomic E-state index is -0.475. The fourth-order valence-corrected chi connectivity index (χ4v) is 3.68. The van der Waals surface area contributed by atoms with Crippen LogP contribution in [-0.4, -0.2) is 26.2 Å². The zero-order chi connectivity index (χ0) is 24.0. The smallest absolute Gasteiger partial charge is 0.315 e. The molecular weight excluding hydrogens is 444 g/mol. The van der Waals surface area contributed by atoms with E-state index in [4.69, 9.17) is 30.5 Å². The molecule has 0 bridgehead atoms. The van der Waals surface area contributed by atoms with Crippen molar-refractivity contribution in [3.8, 4) is 23.0 Å². The Morgan fingerprint density at radius 2 is 1.33 bits per heavy atom. The molecule has 0 unspecified atom stereocenters. The Morgan fingerprint density at radius 3 is 1.91 bits per heavy atom. The number of esters is 2. The van der Waals surface area contributed by atoms with Crippen molar-refractivity contribution in [1.82, 2.24) is 0 Å². The average Bonchev–Trinajstić information content (AvgIpc) is 2.80. The molecular formula is C26H27ClO6. The van der Waals surface area contributed by atoms with Crippen molar-refractivity contribution in [3.63, 3.8) is 0 Å². The molecule has 0 saturated carbocycles. The van der Waals surface area contributed by atoms with Gasteiger partial charge in [-0.25, -0.2) is 0 Å². The molecule has 0 N–H and O–H groups in total. The van der Waals surface area contributed by atoms with Crippen LogP contribution < -0.4 is 18.9 Å². The monoisotopic (exact) mass is 470 g/mol. The Morgan fingerprint density at radius 1 is 0.758 bits per heavy atom. The molecule has 3 aromatic carbocycles. The number of methoxy groups -OCH3 is 2. The van der Waals surface area contributed by atoms with Crippen LogP contribution in [0.3, 0.4) is 0 Å². The van der Waals surface area contributed by atoms with Gasteiger partial charge in [0.2, 0.25) is 11.5 Å². The molecule has 0 saturated heterocycles. The maximum atomic E-state index is 12.8. The van der Waals surface area contributed by atoms with E-state index in [1.165, 1.54) is 19.8 Å². The first-order valence-electron chi connectivity index (χ1n) is 10.8. The van der Waals surface area contributed by atoms with Crippen LogP contribution in [0.1, 0.15) is 37.8 Å². The van der Waals surface area contributed by atoms with Crippen LogP contribution in [0.2, 0.25) is 5.02 Å². The highest BCUT2D eigenvalue weighted by atomic mass is 35.5. The van der Waals surface area contributed by atoms with Crippen LogP contribution in [0.5, 0.6) is 23.0 Å². The van der Waals surface area contributed by atoms with Crippen molar-refractivity contribution in [2.75, 3.05) is 14.2 Å². The van der Waals surface area contributed by atoms with Gasteiger partial charge >= 0.3 is 11.9 Å². The summed E-state index contributed by atoms with van der Waals surface area (Å²) >= 11 is 6.24. The lowest BCUT2D eigenvalue weighted by Gasteiger charge is -2.19. The van der Waals surface area contributed by atoms with Crippen molar-refractivity contribution < 1.29 is 28.5 Å². The van der Waals surface area contributed by atoms with Crippen LogP contribution in [0.15, 0.2) is 42.5 Å². The van der Waals surface area contributed by atoms with Crippen molar-refractivity contribution >= 4 is 34.3 Å². The number of rotatable bonds is 9. The van der Waals surface area contributed by atoms with Crippen molar-refractivity contribution in [2.24, 2.45) is 0 Å². The molecule has 0 amide bonds. The van der Waals surface area contributed by atoms with Crippen LogP contribution in [-0.2, 0) is 22.4 Å². The highest BCUT2D eigenvalue weighted by Gasteiger charge is 2.27. The Bertz CT molecular complexity index is 1150. The van der Waals surface area contributed by atoms with Gasteiger partial charge in [0.05, 0.1) is 20.6 Å². The molecule has 3 rings (SSSR count). The van der Waals surface area contributed by atoms with E-state index in [0.29, 0.717) is 22.2 Å². The van der Waals surface area contributed by atoms with E-state index in [0.717, 1.165) is 12.0 Å². The number of hydrogen-bond acceptors (Lipinski definition) is 6. The quantitative estimate of drug-likeness (QED) is 0.285. The third kappa shape index (κ3) is 5.57. The molecule has 33 heavy (non-hydrogen) atoms. The molecule has 0 spiro atoms. The lowest BCUT2D eigenvalue weighted by molar-refractivity contribution is -0.135. The Labute approximate surface area is 198 Å². The van der Waals surface area contributed by atoms with Gasteiger partial charge in [0, 0.05) is 22.2 Å². The van der Waals surface area contributed by atoms with E-state index >= 15 is 0 Å². The number of fused-ring (bicyclic) bond motifs is 1. The Hall–Kier alpha value is -3.25. The number of carbonyl (C=O) groups excluding carboxylic acids is 2. The molecule has 6 nitrogen and oxygen atoms in total.